The molecule has 2 heterocycles. The predicted octanol–water partition coefficient (Wildman–Crippen LogP) is 2.61. The highest BCUT2D eigenvalue weighted by molar-refractivity contribution is 5.94. The molecule has 31 heavy (non-hydrogen) atoms. The van der Waals surface area contributed by atoms with Crippen molar-refractivity contribution in [1.29, 1.82) is 0 Å². The number of hydrogen-bond acceptors (Lipinski definition) is 5. The number of carbonyl (C=O) groups is 1. The maximum absolute atomic E-state index is 12.9. The van der Waals surface area contributed by atoms with Crippen LogP contribution in [0.25, 0.3) is 11.4 Å². The number of nitrogens with one attached hydrogen (secondary N) is 1. The monoisotopic (exact) mass is 419 g/mol. The summed E-state index contributed by atoms with van der Waals surface area (Å²) in [6.45, 7) is 3.23. The van der Waals surface area contributed by atoms with Gasteiger partial charge in [0.1, 0.15) is 6.33 Å². The number of aliphatic hydroxyl groups excluding tert-OH is 1. The SMILES string of the molecule is O=C(c1ccc(-c2nc[nH]n2)cc1)N1CCC(N(CCO)CCc2ccccc2)CC1. The predicted molar refractivity (Wildman–Crippen MR) is 120 cm³/mol. The standard InChI is InChI=1S/C24H29N5O2/c30-17-16-28(13-10-19-4-2-1-3-5-19)22-11-14-29(15-12-22)24(31)21-8-6-20(7-9-21)23-25-18-26-27-23/h1-9,18,22,30H,10-17H2,(H,25,26,27). The van der Waals surface area contributed by atoms with E-state index in [1.165, 1.54) is 5.56 Å². The van der Waals surface area contributed by atoms with Crippen molar-refractivity contribution in [3.63, 3.8) is 0 Å². The van der Waals surface area contributed by atoms with E-state index < -0.39 is 0 Å². The van der Waals surface area contributed by atoms with Crippen LogP contribution in [0.3, 0.4) is 0 Å². The van der Waals surface area contributed by atoms with Crippen molar-refractivity contribution >= 4 is 5.91 Å². The zero-order valence-electron chi connectivity index (χ0n) is 17.7. The number of aromatic nitrogens is 3. The smallest absolute Gasteiger partial charge is 0.253 e. The topological polar surface area (TPSA) is 85.4 Å². The summed E-state index contributed by atoms with van der Waals surface area (Å²) >= 11 is 0. The fourth-order valence-electron chi connectivity index (χ4n) is 4.25. The normalized spacial score (nSPS) is 14.8. The van der Waals surface area contributed by atoms with Crippen molar-refractivity contribution in [3.05, 3.63) is 72.1 Å². The molecular formula is C24H29N5O2. The zero-order chi connectivity index (χ0) is 21.5. The first kappa shape index (κ1) is 21.2. The number of carbonyl (C=O) groups excluding carboxylic acids is 1. The van der Waals surface area contributed by atoms with Crippen LogP contribution in [-0.2, 0) is 6.42 Å². The molecule has 0 unspecified atom stereocenters. The van der Waals surface area contributed by atoms with E-state index in [9.17, 15) is 9.90 Å². The molecule has 7 heteroatoms. The third-order valence-electron chi connectivity index (χ3n) is 5.99. The fourth-order valence-corrected chi connectivity index (χ4v) is 4.25. The number of rotatable bonds is 8. The minimum Gasteiger partial charge on any atom is -0.395 e. The number of likely N-dealkylation sites (tertiary alicyclic amines) is 1. The molecule has 1 aliphatic heterocycles. The van der Waals surface area contributed by atoms with Gasteiger partial charge in [0.05, 0.1) is 6.61 Å². The van der Waals surface area contributed by atoms with Gasteiger partial charge in [-0.1, -0.05) is 42.5 Å². The van der Waals surface area contributed by atoms with Gasteiger partial charge in [0, 0.05) is 43.3 Å². The average Bonchev–Trinajstić information content (AvgIpc) is 3.37. The van der Waals surface area contributed by atoms with E-state index in [1.807, 2.05) is 35.2 Å². The molecule has 3 aromatic rings. The largest absolute Gasteiger partial charge is 0.395 e. The number of benzene rings is 2. The maximum atomic E-state index is 12.9. The lowest BCUT2D eigenvalue weighted by atomic mass is 10.0. The number of hydrogen-bond donors (Lipinski definition) is 2. The summed E-state index contributed by atoms with van der Waals surface area (Å²) in [5.74, 6) is 0.692. The Labute approximate surface area is 182 Å². The molecule has 0 atom stereocenters. The summed E-state index contributed by atoms with van der Waals surface area (Å²) in [6, 6.07) is 18.3. The van der Waals surface area contributed by atoms with Crippen LogP contribution in [0, 0.1) is 0 Å². The van der Waals surface area contributed by atoms with Crippen molar-refractivity contribution in [2.45, 2.75) is 25.3 Å². The highest BCUT2D eigenvalue weighted by Gasteiger charge is 2.27. The molecule has 1 aliphatic rings. The van der Waals surface area contributed by atoms with Gasteiger partial charge in [0.15, 0.2) is 5.82 Å². The molecule has 1 amide bonds. The molecule has 0 radical (unpaired) electrons. The van der Waals surface area contributed by atoms with Gasteiger partial charge in [-0.2, -0.15) is 5.10 Å². The summed E-state index contributed by atoms with van der Waals surface area (Å²) in [5.41, 5.74) is 2.88. The lowest BCUT2D eigenvalue weighted by molar-refractivity contribution is 0.0591. The van der Waals surface area contributed by atoms with E-state index in [4.69, 9.17) is 0 Å². The van der Waals surface area contributed by atoms with E-state index in [0.29, 0.717) is 24.0 Å². The molecule has 0 bridgehead atoms. The number of aliphatic hydroxyl groups is 1. The summed E-state index contributed by atoms with van der Waals surface area (Å²) in [7, 11) is 0. The van der Waals surface area contributed by atoms with E-state index >= 15 is 0 Å². The molecule has 4 rings (SSSR count). The summed E-state index contributed by atoms with van der Waals surface area (Å²) in [6.07, 6.45) is 4.36. The molecule has 0 saturated carbocycles. The molecule has 1 fully saturated rings. The number of piperidine rings is 1. The van der Waals surface area contributed by atoms with Crippen molar-refractivity contribution in [2.24, 2.45) is 0 Å². The Morgan fingerprint density at radius 2 is 1.81 bits per heavy atom. The third-order valence-corrected chi connectivity index (χ3v) is 5.99. The Morgan fingerprint density at radius 3 is 2.45 bits per heavy atom. The van der Waals surface area contributed by atoms with Crippen molar-refractivity contribution < 1.29 is 9.90 Å². The summed E-state index contributed by atoms with van der Waals surface area (Å²) in [4.78, 5) is 21.4. The molecule has 0 aliphatic carbocycles. The van der Waals surface area contributed by atoms with E-state index in [0.717, 1.165) is 44.5 Å². The van der Waals surface area contributed by atoms with Gasteiger partial charge in [-0.25, -0.2) is 4.98 Å². The van der Waals surface area contributed by atoms with Crippen molar-refractivity contribution in [3.8, 4) is 11.4 Å². The second-order valence-corrected chi connectivity index (χ2v) is 7.92. The van der Waals surface area contributed by atoms with Crippen molar-refractivity contribution in [1.82, 2.24) is 25.0 Å². The fraction of sp³-hybridized carbons (Fsp3) is 0.375. The van der Waals surface area contributed by atoms with Crippen LogP contribution in [0.5, 0.6) is 0 Å². The van der Waals surface area contributed by atoms with Crippen LogP contribution in [0.15, 0.2) is 60.9 Å². The number of nitrogens with zero attached hydrogens (tertiary/aromatic N) is 4. The molecule has 2 N–H and O–H groups in total. The first-order chi connectivity index (χ1) is 15.2. The molecule has 1 aromatic heterocycles. The summed E-state index contributed by atoms with van der Waals surface area (Å²) in [5, 5.41) is 16.3. The van der Waals surface area contributed by atoms with Gasteiger partial charge >= 0.3 is 0 Å². The Morgan fingerprint density at radius 1 is 1.06 bits per heavy atom. The van der Waals surface area contributed by atoms with Crippen molar-refractivity contribution in [2.75, 3.05) is 32.8 Å². The lowest BCUT2D eigenvalue weighted by Crippen LogP contribution is -2.48. The van der Waals surface area contributed by atoms with Crippen LogP contribution in [0.4, 0.5) is 0 Å². The molecule has 1 saturated heterocycles. The number of H-pyrrole nitrogens is 1. The highest BCUT2D eigenvalue weighted by Crippen LogP contribution is 2.21. The molecule has 0 spiro atoms. The Kier molecular flexibility index (Phi) is 7.07. The molecule has 7 nitrogen and oxygen atoms in total. The molecular weight excluding hydrogens is 390 g/mol. The first-order valence-electron chi connectivity index (χ1n) is 10.9. The van der Waals surface area contributed by atoms with Gasteiger partial charge < -0.3 is 10.0 Å². The van der Waals surface area contributed by atoms with Gasteiger partial charge in [0.2, 0.25) is 0 Å². The number of aromatic amines is 1. The van der Waals surface area contributed by atoms with Gasteiger partial charge in [-0.15, -0.1) is 0 Å². The van der Waals surface area contributed by atoms with Gasteiger partial charge in [-0.05, 0) is 37.0 Å². The second-order valence-electron chi connectivity index (χ2n) is 7.92. The average molecular weight is 420 g/mol. The number of amides is 1. The van der Waals surface area contributed by atoms with Crippen LogP contribution < -0.4 is 0 Å². The zero-order valence-corrected chi connectivity index (χ0v) is 17.7. The van der Waals surface area contributed by atoms with E-state index in [-0.39, 0.29) is 12.5 Å². The Bertz CT molecular complexity index is 936. The van der Waals surface area contributed by atoms with Crippen LogP contribution in [-0.4, -0.2) is 74.8 Å². The summed E-state index contributed by atoms with van der Waals surface area (Å²) < 4.78 is 0. The van der Waals surface area contributed by atoms with Gasteiger partial charge in [-0.3, -0.25) is 14.8 Å². The molecule has 162 valence electrons. The Hall–Kier alpha value is -3.03. The maximum Gasteiger partial charge on any atom is 0.253 e. The minimum atomic E-state index is 0.0676. The van der Waals surface area contributed by atoms with E-state index in [2.05, 4.69) is 44.3 Å². The first-order valence-corrected chi connectivity index (χ1v) is 10.9. The van der Waals surface area contributed by atoms with Crippen LogP contribution in [0.1, 0.15) is 28.8 Å². The van der Waals surface area contributed by atoms with Crippen LogP contribution >= 0.6 is 0 Å². The van der Waals surface area contributed by atoms with Gasteiger partial charge in [0.25, 0.3) is 5.91 Å². The minimum absolute atomic E-state index is 0.0676. The van der Waals surface area contributed by atoms with E-state index in [1.54, 1.807) is 6.33 Å². The third kappa shape index (κ3) is 5.37. The lowest BCUT2D eigenvalue weighted by Gasteiger charge is -2.38. The molecule has 2 aromatic carbocycles. The quantitative estimate of drug-likeness (QED) is 0.586. The second kappa shape index (κ2) is 10.3. The van der Waals surface area contributed by atoms with Crippen LogP contribution in [0.2, 0.25) is 0 Å². The highest BCUT2D eigenvalue weighted by atomic mass is 16.3. The Balaban J connectivity index is 1.31.